The molecule has 25 heavy (non-hydrogen) atoms. The van der Waals surface area contributed by atoms with E-state index < -0.39 is 0 Å². The SMILES string of the molecule is CCCCc1ccc(Nc2ccc(N)cc2C(=O)N2CCCC2)cc1. The topological polar surface area (TPSA) is 58.4 Å². The molecule has 0 bridgehead atoms. The minimum Gasteiger partial charge on any atom is -0.399 e. The van der Waals surface area contributed by atoms with E-state index in [1.165, 1.54) is 18.4 Å². The van der Waals surface area contributed by atoms with Gasteiger partial charge >= 0.3 is 0 Å². The highest BCUT2D eigenvalue weighted by atomic mass is 16.2. The third-order valence-corrected chi connectivity index (χ3v) is 4.72. The Balaban J connectivity index is 1.78. The summed E-state index contributed by atoms with van der Waals surface area (Å²) < 4.78 is 0. The number of amides is 1. The Morgan fingerprint density at radius 3 is 2.52 bits per heavy atom. The van der Waals surface area contributed by atoms with Crippen molar-refractivity contribution in [3.63, 3.8) is 0 Å². The van der Waals surface area contributed by atoms with Crippen LogP contribution in [0.5, 0.6) is 0 Å². The average Bonchev–Trinajstić information content (AvgIpc) is 3.16. The molecule has 4 nitrogen and oxygen atoms in total. The van der Waals surface area contributed by atoms with Gasteiger partial charge in [-0.05, 0) is 61.6 Å². The van der Waals surface area contributed by atoms with Crippen LogP contribution in [0.15, 0.2) is 42.5 Å². The number of hydrogen-bond donors (Lipinski definition) is 2. The zero-order valence-electron chi connectivity index (χ0n) is 14.9. The van der Waals surface area contributed by atoms with Crippen LogP contribution in [0.2, 0.25) is 0 Å². The molecule has 0 aliphatic carbocycles. The van der Waals surface area contributed by atoms with E-state index in [1.807, 2.05) is 17.0 Å². The molecule has 1 amide bonds. The second-order valence-corrected chi connectivity index (χ2v) is 6.73. The van der Waals surface area contributed by atoms with E-state index in [-0.39, 0.29) is 5.91 Å². The number of nitrogens with one attached hydrogen (secondary N) is 1. The molecule has 0 aromatic heterocycles. The van der Waals surface area contributed by atoms with Crippen LogP contribution in [-0.2, 0) is 6.42 Å². The van der Waals surface area contributed by atoms with Gasteiger partial charge in [-0.25, -0.2) is 0 Å². The number of rotatable bonds is 6. The van der Waals surface area contributed by atoms with Crippen molar-refractivity contribution >= 4 is 23.0 Å². The van der Waals surface area contributed by atoms with Gasteiger partial charge in [0.1, 0.15) is 0 Å². The largest absolute Gasteiger partial charge is 0.399 e. The van der Waals surface area contributed by atoms with Crippen LogP contribution >= 0.6 is 0 Å². The number of nitrogen functional groups attached to an aromatic ring is 1. The van der Waals surface area contributed by atoms with E-state index >= 15 is 0 Å². The number of likely N-dealkylation sites (tertiary alicyclic amines) is 1. The quantitative estimate of drug-likeness (QED) is 0.758. The van der Waals surface area contributed by atoms with Gasteiger partial charge in [-0.2, -0.15) is 0 Å². The maximum atomic E-state index is 12.8. The molecule has 1 fully saturated rings. The van der Waals surface area contributed by atoms with Crippen LogP contribution in [0.3, 0.4) is 0 Å². The summed E-state index contributed by atoms with van der Waals surface area (Å²) in [5, 5.41) is 3.38. The summed E-state index contributed by atoms with van der Waals surface area (Å²) in [6.07, 6.45) is 5.68. The van der Waals surface area contributed by atoms with Crippen molar-refractivity contribution in [2.75, 3.05) is 24.1 Å². The van der Waals surface area contributed by atoms with E-state index in [0.29, 0.717) is 11.3 Å². The summed E-state index contributed by atoms with van der Waals surface area (Å²) in [5.74, 6) is 0.0619. The van der Waals surface area contributed by atoms with E-state index in [9.17, 15) is 4.79 Å². The molecule has 1 aliphatic heterocycles. The average molecular weight is 337 g/mol. The monoisotopic (exact) mass is 337 g/mol. The molecule has 1 aliphatic rings. The van der Waals surface area contributed by atoms with E-state index in [0.717, 1.165) is 43.7 Å². The Morgan fingerprint density at radius 1 is 1.12 bits per heavy atom. The number of carbonyl (C=O) groups excluding carboxylic acids is 1. The Hall–Kier alpha value is -2.49. The van der Waals surface area contributed by atoms with Crippen molar-refractivity contribution in [2.45, 2.75) is 39.0 Å². The second kappa shape index (κ2) is 8.06. The zero-order valence-corrected chi connectivity index (χ0v) is 14.9. The number of unbranched alkanes of at least 4 members (excludes halogenated alkanes) is 1. The Morgan fingerprint density at radius 2 is 1.84 bits per heavy atom. The summed E-state index contributed by atoms with van der Waals surface area (Å²) in [7, 11) is 0. The van der Waals surface area contributed by atoms with Crippen molar-refractivity contribution in [2.24, 2.45) is 0 Å². The van der Waals surface area contributed by atoms with Gasteiger partial charge in [0.05, 0.1) is 11.3 Å². The molecule has 2 aromatic rings. The van der Waals surface area contributed by atoms with Gasteiger partial charge in [-0.1, -0.05) is 25.5 Å². The molecule has 4 heteroatoms. The van der Waals surface area contributed by atoms with Crippen LogP contribution in [0.4, 0.5) is 17.1 Å². The summed E-state index contributed by atoms with van der Waals surface area (Å²) in [6, 6.07) is 14.0. The van der Waals surface area contributed by atoms with Crippen LogP contribution in [0.25, 0.3) is 0 Å². The highest BCUT2D eigenvalue weighted by Gasteiger charge is 2.22. The molecular formula is C21H27N3O. The van der Waals surface area contributed by atoms with E-state index in [2.05, 4.69) is 36.5 Å². The maximum Gasteiger partial charge on any atom is 0.256 e. The van der Waals surface area contributed by atoms with Crippen molar-refractivity contribution in [1.82, 2.24) is 4.90 Å². The van der Waals surface area contributed by atoms with E-state index in [1.54, 1.807) is 6.07 Å². The lowest BCUT2D eigenvalue weighted by molar-refractivity contribution is 0.0794. The predicted octanol–water partition coefficient (Wildman–Crippen LogP) is 4.59. The van der Waals surface area contributed by atoms with Crippen molar-refractivity contribution in [1.29, 1.82) is 0 Å². The number of anilines is 3. The first kappa shape index (κ1) is 17.3. The van der Waals surface area contributed by atoms with Crippen molar-refractivity contribution in [3.8, 4) is 0 Å². The van der Waals surface area contributed by atoms with Gasteiger partial charge in [0.25, 0.3) is 5.91 Å². The third-order valence-electron chi connectivity index (χ3n) is 4.72. The van der Waals surface area contributed by atoms with Crippen LogP contribution in [0.1, 0.15) is 48.5 Å². The Labute approximate surface area is 150 Å². The molecular weight excluding hydrogens is 310 g/mol. The lowest BCUT2D eigenvalue weighted by atomic mass is 10.1. The van der Waals surface area contributed by atoms with Gasteiger partial charge in [0.2, 0.25) is 0 Å². The normalized spacial score (nSPS) is 13.9. The summed E-state index contributed by atoms with van der Waals surface area (Å²) >= 11 is 0. The standard InChI is InChI=1S/C21H27N3O/c1-2-3-6-16-7-10-18(11-8-16)23-20-12-9-17(22)15-19(20)21(25)24-13-4-5-14-24/h7-12,15,23H,2-6,13-14,22H2,1H3. The number of nitrogens with two attached hydrogens (primary N) is 1. The molecule has 2 aromatic carbocycles. The van der Waals surface area contributed by atoms with Gasteiger partial charge < -0.3 is 16.0 Å². The fourth-order valence-electron chi connectivity index (χ4n) is 3.23. The predicted molar refractivity (Wildman–Crippen MR) is 104 cm³/mol. The Bertz CT molecular complexity index is 718. The minimum atomic E-state index is 0.0619. The van der Waals surface area contributed by atoms with E-state index in [4.69, 9.17) is 5.73 Å². The first-order valence-electron chi connectivity index (χ1n) is 9.22. The molecule has 132 valence electrons. The number of carbonyl (C=O) groups is 1. The molecule has 0 saturated carbocycles. The lowest BCUT2D eigenvalue weighted by Gasteiger charge is -2.19. The van der Waals surface area contributed by atoms with Crippen molar-refractivity contribution in [3.05, 3.63) is 53.6 Å². The Kier molecular flexibility index (Phi) is 5.59. The minimum absolute atomic E-state index is 0.0619. The second-order valence-electron chi connectivity index (χ2n) is 6.73. The van der Waals surface area contributed by atoms with Gasteiger partial charge in [-0.15, -0.1) is 0 Å². The first-order valence-corrected chi connectivity index (χ1v) is 9.22. The maximum absolute atomic E-state index is 12.8. The van der Waals surface area contributed by atoms with Gasteiger partial charge in [-0.3, -0.25) is 4.79 Å². The van der Waals surface area contributed by atoms with Gasteiger partial charge in [0, 0.05) is 24.5 Å². The number of aryl methyl sites for hydroxylation is 1. The molecule has 1 heterocycles. The van der Waals surface area contributed by atoms with Gasteiger partial charge in [0.15, 0.2) is 0 Å². The number of benzene rings is 2. The van der Waals surface area contributed by atoms with Crippen LogP contribution < -0.4 is 11.1 Å². The fraction of sp³-hybridized carbons (Fsp3) is 0.381. The molecule has 0 spiro atoms. The molecule has 0 atom stereocenters. The third kappa shape index (κ3) is 4.32. The smallest absolute Gasteiger partial charge is 0.256 e. The van der Waals surface area contributed by atoms with Crippen LogP contribution in [0, 0.1) is 0 Å². The number of hydrogen-bond acceptors (Lipinski definition) is 3. The molecule has 3 N–H and O–H groups in total. The summed E-state index contributed by atoms with van der Waals surface area (Å²) in [4.78, 5) is 14.7. The lowest BCUT2D eigenvalue weighted by Crippen LogP contribution is -2.28. The highest BCUT2D eigenvalue weighted by molar-refractivity contribution is 6.01. The zero-order chi connectivity index (χ0) is 17.6. The number of nitrogens with zero attached hydrogens (tertiary/aromatic N) is 1. The fourth-order valence-corrected chi connectivity index (χ4v) is 3.23. The summed E-state index contributed by atoms with van der Waals surface area (Å²) in [5.41, 5.74) is 10.3. The first-order chi connectivity index (χ1) is 12.2. The van der Waals surface area contributed by atoms with Crippen molar-refractivity contribution < 1.29 is 4.79 Å². The molecule has 3 rings (SSSR count). The summed E-state index contributed by atoms with van der Waals surface area (Å²) in [6.45, 7) is 3.87. The molecule has 0 radical (unpaired) electrons. The van der Waals surface area contributed by atoms with Crippen LogP contribution in [-0.4, -0.2) is 23.9 Å². The highest BCUT2D eigenvalue weighted by Crippen LogP contribution is 2.26. The molecule has 1 saturated heterocycles. The molecule has 0 unspecified atom stereocenters.